The fourth-order valence-electron chi connectivity index (χ4n) is 3.91. The number of ketones is 2. The minimum atomic E-state index is -0.253. The standard InChI is InChI=1S/C28H26O8/c1-16-10-20(35-15-21(29)18-6-8-19(31-2)9-7-18)14-22-26(16)27(30)23(36-22)11-17-12-24(32-3)28(34-5)25(13-17)33-4/h6-14H,15H2,1-5H3/b23-11-. The van der Waals surface area contributed by atoms with Crippen molar-refractivity contribution in [2.75, 3.05) is 35.0 Å². The number of benzene rings is 3. The molecular weight excluding hydrogens is 464 g/mol. The van der Waals surface area contributed by atoms with E-state index in [1.54, 1.807) is 68.6 Å². The van der Waals surface area contributed by atoms with Gasteiger partial charge in [-0.2, -0.15) is 0 Å². The summed E-state index contributed by atoms with van der Waals surface area (Å²) in [5, 5.41) is 0. The lowest BCUT2D eigenvalue weighted by Crippen LogP contribution is -2.11. The van der Waals surface area contributed by atoms with Crippen LogP contribution in [-0.2, 0) is 0 Å². The van der Waals surface area contributed by atoms with Gasteiger partial charge >= 0.3 is 0 Å². The first-order valence-corrected chi connectivity index (χ1v) is 11.1. The Morgan fingerprint density at radius 1 is 0.861 bits per heavy atom. The van der Waals surface area contributed by atoms with Gasteiger partial charge in [-0.3, -0.25) is 9.59 Å². The summed E-state index contributed by atoms with van der Waals surface area (Å²) in [6.07, 6.45) is 1.61. The van der Waals surface area contributed by atoms with Crippen LogP contribution in [0.15, 0.2) is 54.3 Å². The van der Waals surface area contributed by atoms with Gasteiger partial charge in [0.1, 0.15) is 17.2 Å². The first-order chi connectivity index (χ1) is 17.4. The Morgan fingerprint density at radius 3 is 2.11 bits per heavy atom. The smallest absolute Gasteiger partial charge is 0.232 e. The number of hydrogen-bond donors (Lipinski definition) is 0. The van der Waals surface area contributed by atoms with Gasteiger partial charge in [-0.15, -0.1) is 0 Å². The normalized spacial score (nSPS) is 13.1. The molecule has 0 radical (unpaired) electrons. The van der Waals surface area contributed by atoms with Crippen molar-refractivity contribution in [2.45, 2.75) is 6.92 Å². The van der Waals surface area contributed by atoms with Crippen molar-refractivity contribution in [3.63, 3.8) is 0 Å². The van der Waals surface area contributed by atoms with Crippen molar-refractivity contribution in [1.82, 2.24) is 0 Å². The van der Waals surface area contributed by atoms with Crippen LogP contribution >= 0.6 is 0 Å². The minimum Gasteiger partial charge on any atom is -0.497 e. The van der Waals surface area contributed by atoms with Gasteiger partial charge in [0.15, 0.2) is 29.6 Å². The third-order valence-electron chi connectivity index (χ3n) is 5.71. The van der Waals surface area contributed by atoms with E-state index in [4.69, 9.17) is 28.4 Å². The van der Waals surface area contributed by atoms with E-state index in [0.717, 1.165) is 0 Å². The second-order valence-corrected chi connectivity index (χ2v) is 7.95. The van der Waals surface area contributed by atoms with E-state index < -0.39 is 0 Å². The van der Waals surface area contributed by atoms with E-state index in [1.165, 1.54) is 21.3 Å². The van der Waals surface area contributed by atoms with Crippen molar-refractivity contribution in [1.29, 1.82) is 0 Å². The van der Waals surface area contributed by atoms with Gasteiger partial charge in [0, 0.05) is 11.6 Å². The number of aryl methyl sites for hydroxylation is 1. The molecule has 4 rings (SSSR count). The van der Waals surface area contributed by atoms with Crippen molar-refractivity contribution < 1.29 is 38.0 Å². The summed E-state index contributed by atoms with van der Waals surface area (Å²) in [4.78, 5) is 25.6. The summed E-state index contributed by atoms with van der Waals surface area (Å²) >= 11 is 0. The molecule has 0 bridgehead atoms. The number of allylic oxidation sites excluding steroid dienone is 1. The summed E-state index contributed by atoms with van der Waals surface area (Å²) < 4.78 is 32.8. The molecule has 0 atom stereocenters. The van der Waals surface area contributed by atoms with Gasteiger partial charge in [0.25, 0.3) is 0 Å². The lowest BCUT2D eigenvalue weighted by molar-refractivity contribution is 0.0920. The van der Waals surface area contributed by atoms with Gasteiger partial charge in [0.2, 0.25) is 11.5 Å². The fraction of sp³-hybridized carbons (Fsp3) is 0.214. The Hall–Kier alpha value is -4.46. The molecule has 0 saturated heterocycles. The topological polar surface area (TPSA) is 89.5 Å². The molecule has 0 aliphatic carbocycles. The molecule has 186 valence electrons. The predicted molar refractivity (Wildman–Crippen MR) is 133 cm³/mol. The Morgan fingerprint density at radius 2 is 1.53 bits per heavy atom. The minimum absolute atomic E-state index is 0.147. The number of methoxy groups -OCH3 is 4. The first-order valence-electron chi connectivity index (χ1n) is 11.1. The molecule has 8 nitrogen and oxygen atoms in total. The number of rotatable bonds is 9. The highest BCUT2D eigenvalue weighted by atomic mass is 16.5. The molecule has 1 heterocycles. The van der Waals surface area contributed by atoms with Crippen LogP contribution in [-0.4, -0.2) is 46.6 Å². The molecule has 0 unspecified atom stereocenters. The van der Waals surface area contributed by atoms with Crippen molar-refractivity contribution in [3.8, 4) is 34.5 Å². The van der Waals surface area contributed by atoms with E-state index in [1.807, 2.05) is 0 Å². The van der Waals surface area contributed by atoms with Crippen LogP contribution in [0, 0.1) is 6.92 Å². The van der Waals surface area contributed by atoms with E-state index in [0.29, 0.717) is 56.8 Å². The summed E-state index contributed by atoms with van der Waals surface area (Å²) in [7, 11) is 6.12. The van der Waals surface area contributed by atoms with Gasteiger partial charge in [-0.25, -0.2) is 0 Å². The highest BCUT2D eigenvalue weighted by Crippen LogP contribution is 2.41. The summed E-state index contributed by atoms with van der Waals surface area (Å²) in [5.74, 6) is 2.53. The van der Waals surface area contributed by atoms with Crippen LogP contribution in [0.3, 0.4) is 0 Å². The second-order valence-electron chi connectivity index (χ2n) is 7.95. The monoisotopic (exact) mass is 490 g/mol. The fourth-order valence-corrected chi connectivity index (χ4v) is 3.91. The molecule has 0 fully saturated rings. The highest BCUT2D eigenvalue weighted by Gasteiger charge is 2.30. The van der Waals surface area contributed by atoms with E-state index in [-0.39, 0.29) is 23.9 Å². The molecule has 0 aromatic heterocycles. The van der Waals surface area contributed by atoms with Crippen LogP contribution in [0.25, 0.3) is 6.08 Å². The molecule has 3 aromatic rings. The number of Topliss-reactive ketones (excluding diaryl/α,β-unsaturated/α-hetero) is 2. The molecule has 0 amide bonds. The van der Waals surface area contributed by atoms with Crippen LogP contribution in [0.2, 0.25) is 0 Å². The van der Waals surface area contributed by atoms with Gasteiger partial charge in [0.05, 0.1) is 34.0 Å². The van der Waals surface area contributed by atoms with Gasteiger partial charge in [-0.05, 0) is 66.6 Å². The highest BCUT2D eigenvalue weighted by molar-refractivity contribution is 6.15. The number of carbonyl (C=O) groups is 2. The zero-order valence-electron chi connectivity index (χ0n) is 20.7. The third kappa shape index (κ3) is 4.84. The first kappa shape index (κ1) is 24.7. The second kappa shape index (κ2) is 10.4. The molecule has 8 heteroatoms. The van der Waals surface area contributed by atoms with Gasteiger partial charge < -0.3 is 28.4 Å². The molecule has 0 saturated carbocycles. The van der Waals surface area contributed by atoms with Crippen LogP contribution < -0.4 is 28.4 Å². The predicted octanol–water partition coefficient (Wildman–Crippen LogP) is 4.91. The maximum absolute atomic E-state index is 13.1. The maximum Gasteiger partial charge on any atom is 0.232 e. The number of fused-ring (bicyclic) bond motifs is 1. The number of hydrogen-bond acceptors (Lipinski definition) is 8. The number of carbonyl (C=O) groups excluding carboxylic acids is 2. The quantitative estimate of drug-likeness (QED) is 0.309. The Kier molecular flexibility index (Phi) is 7.15. The van der Waals surface area contributed by atoms with Crippen LogP contribution in [0.4, 0.5) is 0 Å². The van der Waals surface area contributed by atoms with Gasteiger partial charge in [-0.1, -0.05) is 0 Å². The third-order valence-corrected chi connectivity index (χ3v) is 5.71. The van der Waals surface area contributed by atoms with Crippen LogP contribution in [0.1, 0.15) is 31.8 Å². The van der Waals surface area contributed by atoms with E-state index in [2.05, 4.69) is 0 Å². The molecule has 3 aromatic carbocycles. The summed E-state index contributed by atoms with van der Waals surface area (Å²) in [6, 6.07) is 13.6. The average Bonchev–Trinajstić information content (AvgIpc) is 3.21. The zero-order valence-corrected chi connectivity index (χ0v) is 20.7. The molecule has 1 aliphatic rings. The van der Waals surface area contributed by atoms with E-state index in [9.17, 15) is 9.59 Å². The Balaban J connectivity index is 1.54. The largest absolute Gasteiger partial charge is 0.497 e. The van der Waals surface area contributed by atoms with Crippen molar-refractivity contribution >= 4 is 17.6 Å². The molecule has 0 spiro atoms. The molecule has 36 heavy (non-hydrogen) atoms. The Bertz CT molecular complexity index is 1310. The molecule has 1 aliphatic heterocycles. The van der Waals surface area contributed by atoms with E-state index >= 15 is 0 Å². The lowest BCUT2D eigenvalue weighted by atomic mass is 10.0. The number of ether oxygens (including phenoxy) is 6. The lowest BCUT2D eigenvalue weighted by Gasteiger charge is -2.13. The zero-order chi connectivity index (χ0) is 25.8. The maximum atomic E-state index is 13.1. The summed E-state index contributed by atoms with van der Waals surface area (Å²) in [6.45, 7) is 1.63. The SMILES string of the molecule is COc1ccc(C(=O)COc2cc(C)c3c(c2)O/C(=C\c2cc(OC)c(OC)c(OC)c2)C3=O)cc1. The summed E-state index contributed by atoms with van der Waals surface area (Å²) in [5.41, 5.74) is 2.27. The molecular formula is C28H26O8. The average molecular weight is 491 g/mol. The molecule has 0 N–H and O–H groups in total. The van der Waals surface area contributed by atoms with Crippen molar-refractivity contribution in [2.24, 2.45) is 0 Å². The van der Waals surface area contributed by atoms with Crippen LogP contribution in [0.5, 0.6) is 34.5 Å². The Labute approximate surface area is 209 Å². The van der Waals surface area contributed by atoms with Crippen molar-refractivity contribution in [3.05, 3.63) is 76.5 Å².